The summed E-state index contributed by atoms with van der Waals surface area (Å²) in [5.74, 6) is -0.194. The van der Waals surface area contributed by atoms with Crippen LogP contribution in [0.3, 0.4) is 0 Å². The van der Waals surface area contributed by atoms with Crippen molar-refractivity contribution in [3.8, 4) is 0 Å². The van der Waals surface area contributed by atoms with Crippen LogP contribution in [0.5, 0.6) is 0 Å². The fraction of sp³-hybridized carbons (Fsp3) is 0.250. The van der Waals surface area contributed by atoms with Crippen molar-refractivity contribution < 1.29 is 18.0 Å². The summed E-state index contributed by atoms with van der Waals surface area (Å²) >= 11 is 0. The summed E-state index contributed by atoms with van der Waals surface area (Å²) in [6.45, 7) is 2.93. The second kappa shape index (κ2) is 5.12. The van der Waals surface area contributed by atoms with Gasteiger partial charge in [0.25, 0.3) is 0 Å². The molecule has 0 aliphatic heterocycles. The molecular weight excluding hydrogens is 245 g/mol. The topological polar surface area (TPSA) is 55.1 Å². The van der Waals surface area contributed by atoms with Gasteiger partial charge in [0.1, 0.15) is 0 Å². The summed E-state index contributed by atoms with van der Waals surface area (Å²) in [4.78, 5) is 10.8. The van der Waals surface area contributed by atoms with Gasteiger partial charge in [-0.05, 0) is 38.1 Å². The van der Waals surface area contributed by atoms with Crippen LogP contribution in [0.25, 0.3) is 0 Å². The highest BCUT2D eigenvalue weighted by atomic mass is 19.4. The summed E-state index contributed by atoms with van der Waals surface area (Å²) < 4.78 is 37.6. The average Bonchev–Trinajstić information content (AvgIpc) is 2.13. The molecule has 0 amide bonds. The maximum absolute atomic E-state index is 12.5. The summed E-state index contributed by atoms with van der Waals surface area (Å²) in [5.41, 5.74) is 5.21. The molecule has 0 saturated carbocycles. The predicted octanol–water partition coefficient (Wildman–Crippen LogP) is 3.19. The number of alkyl halides is 3. The molecule has 98 valence electrons. The number of rotatable bonds is 3. The first-order chi connectivity index (χ1) is 8.18. The number of carbonyl (C=O) groups is 1. The Bertz CT molecular complexity index is 493. The highest BCUT2D eigenvalue weighted by Gasteiger charge is 2.31. The van der Waals surface area contributed by atoms with Crippen LogP contribution in [-0.2, 0) is 11.0 Å². The molecule has 1 aromatic carbocycles. The molecule has 3 N–H and O–H groups in total. The molecule has 1 rings (SSSR count). The Kier molecular flexibility index (Phi) is 4.00. The number of nitrogens with one attached hydrogen (secondary N) is 1. The standard InChI is InChI=1S/C12H13F3N2O/c1-7(3-8(2)18)17-11-5-9(12(13,14)15)4-10(16)6-11/h3-6,17H,16H2,1-2H3. The number of anilines is 2. The summed E-state index contributed by atoms with van der Waals surface area (Å²) in [7, 11) is 0. The number of nitrogens with two attached hydrogens (primary N) is 1. The van der Waals surface area contributed by atoms with E-state index in [1.54, 1.807) is 6.92 Å². The van der Waals surface area contributed by atoms with E-state index >= 15 is 0 Å². The molecule has 0 spiro atoms. The van der Waals surface area contributed by atoms with Gasteiger partial charge < -0.3 is 11.1 Å². The lowest BCUT2D eigenvalue weighted by atomic mass is 10.1. The zero-order chi connectivity index (χ0) is 13.9. The molecule has 18 heavy (non-hydrogen) atoms. The Balaban J connectivity index is 3.04. The molecule has 1 aromatic rings. The van der Waals surface area contributed by atoms with E-state index in [4.69, 9.17) is 5.73 Å². The van der Waals surface area contributed by atoms with Crippen molar-refractivity contribution in [2.75, 3.05) is 11.1 Å². The van der Waals surface area contributed by atoms with E-state index in [2.05, 4.69) is 5.32 Å². The van der Waals surface area contributed by atoms with Crippen LogP contribution in [-0.4, -0.2) is 5.78 Å². The first-order valence-electron chi connectivity index (χ1n) is 5.12. The predicted molar refractivity (Wildman–Crippen MR) is 63.9 cm³/mol. The molecule has 0 aromatic heterocycles. The van der Waals surface area contributed by atoms with Gasteiger partial charge in [-0.3, -0.25) is 4.79 Å². The lowest BCUT2D eigenvalue weighted by Crippen LogP contribution is -2.07. The number of hydrogen-bond donors (Lipinski definition) is 2. The normalized spacial score (nSPS) is 12.4. The van der Waals surface area contributed by atoms with Crippen molar-refractivity contribution in [3.05, 3.63) is 35.5 Å². The molecule has 0 aliphatic rings. The van der Waals surface area contributed by atoms with E-state index in [1.165, 1.54) is 19.1 Å². The van der Waals surface area contributed by atoms with Crippen LogP contribution in [0.4, 0.5) is 24.5 Å². The SMILES string of the molecule is CC(=O)C=C(C)Nc1cc(N)cc(C(F)(F)F)c1. The van der Waals surface area contributed by atoms with Crippen molar-refractivity contribution in [1.82, 2.24) is 0 Å². The van der Waals surface area contributed by atoms with Crippen LogP contribution in [0.1, 0.15) is 19.4 Å². The van der Waals surface area contributed by atoms with Gasteiger partial charge in [-0.1, -0.05) is 0 Å². The Morgan fingerprint density at radius 1 is 1.28 bits per heavy atom. The Labute approximate surface area is 102 Å². The van der Waals surface area contributed by atoms with Gasteiger partial charge in [0.05, 0.1) is 5.56 Å². The Hall–Kier alpha value is -1.98. The first-order valence-corrected chi connectivity index (χ1v) is 5.12. The second-order valence-electron chi connectivity index (χ2n) is 3.90. The molecule has 0 radical (unpaired) electrons. The number of benzene rings is 1. The van der Waals surface area contributed by atoms with Gasteiger partial charge in [0.15, 0.2) is 5.78 Å². The Morgan fingerprint density at radius 2 is 1.89 bits per heavy atom. The van der Waals surface area contributed by atoms with Gasteiger partial charge >= 0.3 is 6.18 Å². The van der Waals surface area contributed by atoms with E-state index in [0.717, 1.165) is 12.1 Å². The lowest BCUT2D eigenvalue weighted by Gasteiger charge is -2.12. The summed E-state index contributed by atoms with van der Waals surface area (Å²) in [6, 6.07) is 3.16. The average molecular weight is 258 g/mol. The van der Waals surface area contributed by atoms with Crippen LogP contribution in [0.2, 0.25) is 0 Å². The van der Waals surface area contributed by atoms with Gasteiger partial charge in [0, 0.05) is 17.1 Å². The highest BCUT2D eigenvalue weighted by Crippen LogP contribution is 2.32. The van der Waals surface area contributed by atoms with Crippen molar-refractivity contribution in [3.63, 3.8) is 0 Å². The molecular formula is C12H13F3N2O. The van der Waals surface area contributed by atoms with E-state index in [-0.39, 0.29) is 17.2 Å². The van der Waals surface area contributed by atoms with Crippen LogP contribution < -0.4 is 11.1 Å². The first kappa shape index (κ1) is 14.1. The minimum atomic E-state index is -4.45. The van der Waals surface area contributed by atoms with Crippen LogP contribution in [0, 0.1) is 0 Å². The molecule has 0 heterocycles. The quantitative estimate of drug-likeness (QED) is 0.646. The smallest absolute Gasteiger partial charge is 0.399 e. The van der Waals surface area contributed by atoms with Crippen molar-refractivity contribution in [1.29, 1.82) is 0 Å². The van der Waals surface area contributed by atoms with Gasteiger partial charge in [-0.2, -0.15) is 13.2 Å². The summed E-state index contributed by atoms with van der Waals surface area (Å²) in [6.07, 6.45) is -3.17. The van der Waals surface area contributed by atoms with Crippen molar-refractivity contribution in [2.45, 2.75) is 20.0 Å². The molecule has 0 unspecified atom stereocenters. The Morgan fingerprint density at radius 3 is 2.39 bits per heavy atom. The van der Waals surface area contributed by atoms with Gasteiger partial charge in [-0.15, -0.1) is 0 Å². The van der Waals surface area contributed by atoms with Crippen molar-refractivity contribution in [2.24, 2.45) is 0 Å². The largest absolute Gasteiger partial charge is 0.416 e. The minimum Gasteiger partial charge on any atom is -0.399 e. The third kappa shape index (κ3) is 4.12. The molecule has 0 bridgehead atoms. The fourth-order valence-electron chi connectivity index (χ4n) is 1.46. The van der Waals surface area contributed by atoms with E-state index in [9.17, 15) is 18.0 Å². The number of carbonyl (C=O) groups excluding carboxylic acids is 1. The number of allylic oxidation sites excluding steroid dienone is 2. The molecule has 0 saturated heterocycles. The lowest BCUT2D eigenvalue weighted by molar-refractivity contribution is -0.137. The van der Waals surface area contributed by atoms with E-state index < -0.39 is 11.7 Å². The molecule has 6 heteroatoms. The minimum absolute atomic E-state index is 0.00273. The maximum Gasteiger partial charge on any atom is 0.416 e. The number of nitrogen functional groups attached to an aromatic ring is 1. The van der Waals surface area contributed by atoms with E-state index in [0.29, 0.717) is 5.70 Å². The van der Waals surface area contributed by atoms with Crippen LogP contribution in [0.15, 0.2) is 30.0 Å². The fourth-order valence-corrected chi connectivity index (χ4v) is 1.46. The van der Waals surface area contributed by atoms with Crippen LogP contribution >= 0.6 is 0 Å². The zero-order valence-corrected chi connectivity index (χ0v) is 9.93. The maximum atomic E-state index is 12.5. The van der Waals surface area contributed by atoms with E-state index in [1.807, 2.05) is 0 Å². The second-order valence-corrected chi connectivity index (χ2v) is 3.90. The molecule has 0 fully saturated rings. The third-order valence-electron chi connectivity index (χ3n) is 2.04. The monoisotopic (exact) mass is 258 g/mol. The zero-order valence-electron chi connectivity index (χ0n) is 9.93. The molecule has 0 aliphatic carbocycles. The molecule has 0 atom stereocenters. The van der Waals surface area contributed by atoms with Crippen molar-refractivity contribution >= 4 is 17.2 Å². The molecule has 3 nitrogen and oxygen atoms in total. The van der Waals surface area contributed by atoms with Gasteiger partial charge in [0.2, 0.25) is 0 Å². The van der Waals surface area contributed by atoms with Gasteiger partial charge in [-0.25, -0.2) is 0 Å². The summed E-state index contributed by atoms with van der Waals surface area (Å²) in [5, 5.41) is 2.69. The third-order valence-corrected chi connectivity index (χ3v) is 2.04. The number of hydrogen-bond acceptors (Lipinski definition) is 3. The number of halogens is 3. The highest BCUT2D eigenvalue weighted by molar-refractivity contribution is 5.88. The number of ketones is 1.